The van der Waals surface area contributed by atoms with Gasteiger partial charge in [0.15, 0.2) is 0 Å². The van der Waals surface area contributed by atoms with Gasteiger partial charge in [0, 0.05) is 36.7 Å². The van der Waals surface area contributed by atoms with Gasteiger partial charge in [0.05, 0.1) is 0 Å². The number of ketones is 1. The molecule has 1 aromatic heterocycles. The highest BCUT2D eigenvalue weighted by atomic mass is 16.3. The number of aromatic nitrogens is 1. The first-order chi connectivity index (χ1) is 8.24. The third-order valence-electron chi connectivity index (χ3n) is 3.73. The second-order valence-corrected chi connectivity index (χ2v) is 4.83. The van der Waals surface area contributed by atoms with Crippen LogP contribution in [0, 0.1) is 5.92 Å². The summed E-state index contributed by atoms with van der Waals surface area (Å²) in [6.45, 7) is 0. The Hall–Kier alpha value is -1.39. The number of hydrogen-bond donors (Lipinski definition) is 3. The first kappa shape index (κ1) is 10.7. The molecule has 0 spiro atoms. The smallest absolute Gasteiger partial charge is 0.133 e. The summed E-state index contributed by atoms with van der Waals surface area (Å²) in [7, 11) is 0. The summed E-state index contributed by atoms with van der Waals surface area (Å²) in [5.74, 6) is 0.467. The predicted molar refractivity (Wildman–Crippen MR) is 64.0 cm³/mol. The third kappa shape index (κ3) is 1.94. The Balaban J connectivity index is 1.90. The van der Waals surface area contributed by atoms with Crippen LogP contribution in [-0.2, 0) is 4.79 Å². The molecule has 1 aliphatic heterocycles. The van der Waals surface area contributed by atoms with Crippen LogP contribution in [0.15, 0.2) is 23.9 Å². The second-order valence-electron chi connectivity index (χ2n) is 4.83. The van der Waals surface area contributed by atoms with Crippen molar-refractivity contribution >= 4 is 11.9 Å². The third-order valence-corrected chi connectivity index (χ3v) is 3.73. The Morgan fingerprint density at radius 3 is 3.12 bits per heavy atom. The lowest BCUT2D eigenvalue weighted by Gasteiger charge is -2.23. The quantitative estimate of drug-likeness (QED) is 0.678. The molecule has 1 saturated heterocycles. The number of H-pyrrole nitrogens is 1. The zero-order valence-corrected chi connectivity index (χ0v) is 9.52. The monoisotopic (exact) mass is 232 g/mol. The fourth-order valence-corrected chi connectivity index (χ4v) is 2.86. The molecule has 3 unspecified atom stereocenters. The second kappa shape index (κ2) is 4.13. The Morgan fingerprint density at radius 2 is 2.35 bits per heavy atom. The number of carbonyl (C=O) groups excluding carboxylic acids is 1. The van der Waals surface area contributed by atoms with Gasteiger partial charge in [-0.25, -0.2) is 0 Å². The van der Waals surface area contributed by atoms with Gasteiger partial charge in [0.1, 0.15) is 12.0 Å². The van der Waals surface area contributed by atoms with Gasteiger partial charge < -0.3 is 10.1 Å². The lowest BCUT2D eigenvalue weighted by Crippen LogP contribution is -2.35. The summed E-state index contributed by atoms with van der Waals surface area (Å²) in [4.78, 5) is 14.6. The van der Waals surface area contributed by atoms with Gasteiger partial charge in [-0.1, -0.05) is 0 Å². The molecule has 17 heavy (non-hydrogen) atoms. The van der Waals surface area contributed by atoms with E-state index < -0.39 is 6.23 Å². The minimum absolute atomic E-state index is 0.162. The van der Waals surface area contributed by atoms with E-state index in [4.69, 9.17) is 0 Å². The number of aliphatic hydroxyl groups excluding tert-OH is 1. The molecule has 3 N–H and O–H groups in total. The number of aliphatic hydroxyl groups is 1. The van der Waals surface area contributed by atoms with Crippen molar-refractivity contribution in [1.29, 1.82) is 0 Å². The fraction of sp³-hybridized carbons (Fsp3) is 0.462. The minimum Gasteiger partial charge on any atom is -0.375 e. The minimum atomic E-state index is -0.612. The normalized spacial score (nSPS) is 35.2. The van der Waals surface area contributed by atoms with Crippen LogP contribution < -0.4 is 5.32 Å². The number of aromatic amines is 1. The van der Waals surface area contributed by atoms with E-state index in [0.29, 0.717) is 18.6 Å². The maximum Gasteiger partial charge on any atom is 0.133 e. The molecule has 1 aliphatic carbocycles. The average molecular weight is 232 g/mol. The van der Waals surface area contributed by atoms with Crippen LogP contribution in [0.25, 0.3) is 6.08 Å². The molecule has 2 aliphatic rings. The van der Waals surface area contributed by atoms with Crippen molar-refractivity contribution in [2.75, 3.05) is 0 Å². The van der Waals surface area contributed by atoms with Gasteiger partial charge in [-0.2, -0.15) is 0 Å². The van der Waals surface area contributed by atoms with Crippen molar-refractivity contribution in [3.63, 3.8) is 0 Å². The highest BCUT2D eigenvalue weighted by Crippen LogP contribution is 2.36. The van der Waals surface area contributed by atoms with E-state index in [1.165, 1.54) is 0 Å². The van der Waals surface area contributed by atoms with Gasteiger partial charge in [-0.05, 0) is 30.2 Å². The van der Waals surface area contributed by atoms with Crippen molar-refractivity contribution in [1.82, 2.24) is 10.3 Å². The number of Topliss-reactive ketones (excluding diaryl/α,β-unsaturated/α-hetero) is 1. The molecule has 2 heterocycles. The van der Waals surface area contributed by atoms with Gasteiger partial charge in [0.25, 0.3) is 0 Å². The van der Waals surface area contributed by atoms with Crippen LogP contribution in [0.2, 0.25) is 0 Å². The van der Waals surface area contributed by atoms with E-state index >= 15 is 0 Å². The lowest BCUT2D eigenvalue weighted by atomic mass is 9.82. The Morgan fingerprint density at radius 1 is 1.47 bits per heavy atom. The zero-order chi connectivity index (χ0) is 11.8. The van der Waals surface area contributed by atoms with E-state index in [9.17, 15) is 9.90 Å². The number of fused-ring (bicyclic) bond motifs is 1. The molecule has 1 aromatic rings. The molecule has 4 nitrogen and oxygen atoms in total. The summed E-state index contributed by atoms with van der Waals surface area (Å²) in [6.07, 6.45) is 5.23. The Labute approximate surface area is 99.7 Å². The summed E-state index contributed by atoms with van der Waals surface area (Å²) in [5, 5.41) is 13.2. The summed E-state index contributed by atoms with van der Waals surface area (Å²) in [6, 6.07) is 4.13. The zero-order valence-electron chi connectivity index (χ0n) is 9.52. The van der Waals surface area contributed by atoms with Gasteiger partial charge in [-0.15, -0.1) is 0 Å². The van der Waals surface area contributed by atoms with Crippen LogP contribution in [0.1, 0.15) is 25.0 Å². The van der Waals surface area contributed by atoms with Gasteiger partial charge in [-0.3, -0.25) is 10.1 Å². The predicted octanol–water partition coefficient (Wildman–Crippen LogP) is 1.06. The highest BCUT2D eigenvalue weighted by Gasteiger charge is 2.40. The molecule has 4 heteroatoms. The standard InChI is InChI=1S/C13H16N2O2/c16-9-3-4-12-10(7-9)11(13(17)15-12)6-8-2-1-5-14-8/h1-2,5-6,10,12-15,17H,3-4,7H2/b11-6-. The molecule has 0 radical (unpaired) electrons. The molecular weight excluding hydrogens is 216 g/mol. The number of rotatable bonds is 1. The van der Waals surface area contributed by atoms with Crippen molar-refractivity contribution in [3.05, 3.63) is 29.6 Å². The maximum absolute atomic E-state index is 11.5. The molecule has 0 bridgehead atoms. The van der Waals surface area contributed by atoms with Gasteiger partial charge in [0.2, 0.25) is 0 Å². The summed E-state index contributed by atoms with van der Waals surface area (Å²) < 4.78 is 0. The van der Waals surface area contributed by atoms with Crippen LogP contribution >= 0.6 is 0 Å². The maximum atomic E-state index is 11.5. The van der Waals surface area contributed by atoms with E-state index in [2.05, 4.69) is 10.3 Å². The number of hydrogen-bond acceptors (Lipinski definition) is 3. The highest BCUT2D eigenvalue weighted by molar-refractivity contribution is 5.80. The van der Waals surface area contributed by atoms with Crippen molar-refractivity contribution in [2.24, 2.45) is 5.92 Å². The van der Waals surface area contributed by atoms with E-state index in [-0.39, 0.29) is 12.0 Å². The first-order valence-corrected chi connectivity index (χ1v) is 6.05. The molecular formula is C13H16N2O2. The number of nitrogens with one attached hydrogen (secondary N) is 2. The molecule has 2 fully saturated rings. The summed E-state index contributed by atoms with van der Waals surface area (Å²) in [5.41, 5.74) is 1.91. The molecule has 0 amide bonds. The lowest BCUT2D eigenvalue weighted by molar-refractivity contribution is -0.121. The van der Waals surface area contributed by atoms with Crippen LogP contribution in [0.3, 0.4) is 0 Å². The fourth-order valence-electron chi connectivity index (χ4n) is 2.86. The molecule has 3 atom stereocenters. The van der Waals surface area contributed by atoms with Crippen molar-refractivity contribution < 1.29 is 9.90 Å². The topological polar surface area (TPSA) is 65.1 Å². The van der Waals surface area contributed by atoms with E-state index in [1.807, 2.05) is 24.4 Å². The Bertz CT molecular complexity index is 450. The van der Waals surface area contributed by atoms with Crippen LogP contribution in [0.5, 0.6) is 0 Å². The molecule has 90 valence electrons. The van der Waals surface area contributed by atoms with Crippen LogP contribution in [-0.4, -0.2) is 28.1 Å². The van der Waals surface area contributed by atoms with E-state index in [0.717, 1.165) is 17.7 Å². The molecule has 3 rings (SSSR count). The average Bonchev–Trinajstić information content (AvgIpc) is 2.90. The Kier molecular flexibility index (Phi) is 2.61. The SMILES string of the molecule is O=C1CCC2NC(O)/C(=C\c3ccc[nH]3)C2C1. The molecule has 1 saturated carbocycles. The van der Waals surface area contributed by atoms with E-state index in [1.54, 1.807) is 0 Å². The largest absolute Gasteiger partial charge is 0.375 e. The molecule has 0 aromatic carbocycles. The van der Waals surface area contributed by atoms with Crippen molar-refractivity contribution in [2.45, 2.75) is 31.5 Å². The summed E-state index contributed by atoms with van der Waals surface area (Å²) >= 11 is 0. The number of carbonyl (C=O) groups is 1. The van der Waals surface area contributed by atoms with Crippen molar-refractivity contribution in [3.8, 4) is 0 Å². The van der Waals surface area contributed by atoms with Gasteiger partial charge >= 0.3 is 0 Å². The van der Waals surface area contributed by atoms with Crippen LogP contribution in [0.4, 0.5) is 0 Å². The first-order valence-electron chi connectivity index (χ1n) is 6.05.